The molecule has 0 saturated heterocycles. The average Bonchev–Trinajstić information content (AvgIpc) is 2.72. The first-order chi connectivity index (χ1) is 9.93. The van der Waals surface area contributed by atoms with Crippen LogP contribution in [0.15, 0.2) is 40.9 Å². The lowest BCUT2D eigenvalue weighted by atomic mass is 10.2. The van der Waals surface area contributed by atoms with E-state index in [1.165, 1.54) is 24.3 Å². The molecular weight excluding hydrogens is 351 g/mol. The maximum Gasteiger partial charge on any atom is 0.586 e. The number of halogens is 4. The Balaban J connectivity index is 1.74. The summed E-state index contributed by atoms with van der Waals surface area (Å²) in [5.74, 6) is -0.402. The Kier molecular flexibility index (Phi) is 3.44. The number of anilines is 1. The number of fused-ring (bicyclic) bond motifs is 1. The van der Waals surface area contributed by atoms with Gasteiger partial charge in [0.15, 0.2) is 11.5 Å². The van der Waals surface area contributed by atoms with Crippen molar-refractivity contribution >= 4 is 21.6 Å². The molecule has 0 aromatic heterocycles. The molecule has 1 N–H and O–H groups in total. The van der Waals surface area contributed by atoms with Gasteiger partial charge < -0.3 is 14.8 Å². The van der Waals surface area contributed by atoms with Gasteiger partial charge in [0, 0.05) is 22.8 Å². The fourth-order valence-electron chi connectivity index (χ4n) is 1.94. The van der Waals surface area contributed by atoms with Crippen molar-refractivity contribution in [1.82, 2.24) is 0 Å². The summed E-state index contributed by atoms with van der Waals surface area (Å²) in [5, 5.41) is 3.01. The van der Waals surface area contributed by atoms with E-state index in [1.54, 1.807) is 12.1 Å². The monoisotopic (exact) mass is 359 g/mol. The molecule has 0 atom stereocenters. The second-order valence-corrected chi connectivity index (χ2v) is 5.27. The lowest BCUT2D eigenvalue weighted by Crippen LogP contribution is -2.25. The maximum atomic E-state index is 13.2. The van der Waals surface area contributed by atoms with Gasteiger partial charge in [0.2, 0.25) is 0 Å². The van der Waals surface area contributed by atoms with E-state index >= 15 is 0 Å². The predicted molar refractivity (Wildman–Crippen MR) is 74.1 cm³/mol. The van der Waals surface area contributed by atoms with E-state index in [2.05, 4.69) is 30.7 Å². The molecule has 1 aliphatic heterocycles. The van der Waals surface area contributed by atoms with Crippen LogP contribution in [0.1, 0.15) is 5.56 Å². The van der Waals surface area contributed by atoms with E-state index < -0.39 is 6.29 Å². The molecule has 3 nitrogen and oxygen atoms in total. The molecular formula is C14H9BrF3NO2. The fourth-order valence-corrected chi connectivity index (χ4v) is 2.32. The van der Waals surface area contributed by atoms with Crippen LogP contribution in [-0.4, -0.2) is 6.29 Å². The number of benzene rings is 2. The molecule has 0 amide bonds. The van der Waals surface area contributed by atoms with Gasteiger partial charge in [-0.15, -0.1) is 8.78 Å². The van der Waals surface area contributed by atoms with Crippen LogP contribution in [0, 0.1) is 5.82 Å². The van der Waals surface area contributed by atoms with E-state index in [0.717, 1.165) is 4.47 Å². The Morgan fingerprint density at radius 1 is 1.05 bits per heavy atom. The Morgan fingerprint density at radius 3 is 2.62 bits per heavy atom. The lowest BCUT2D eigenvalue weighted by Gasteiger charge is -2.09. The minimum atomic E-state index is -3.63. The Morgan fingerprint density at radius 2 is 1.81 bits per heavy atom. The zero-order chi connectivity index (χ0) is 15.0. The summed E-state index contributed by atoms with van der Waals surface area (Å²) in [5.41, 5.74) is 1.27. The SMILES string of the molecule is Fc1ccc(Br)c(CNc2ccc3c(c2)OC(F)(F)O3)c1. The Hall–Kier alpha value is -1.89. The molecule has 21 heavy (non-hydrogen) atoms. The third-order valence-corrected chi connectivity index (χ3v) is 3.67. The van der Waals surface area contributed by atoms with Gasteiger partial charge in [-0.3, -0.25) is 0 Å². The van der Waals surface area contributed by atoms with Gasteiger partial charge >= 0.3 is 6.29 Å². The zero-order valence-electron chi connectivity index (χ0n) is 10.5. The van der Waals surface area contributed by atoms with Gasteiger partial charge in [-0.2, -0.15) is 0 Å². The number of hydrogen-bond donors (Lipinski definition) is 1. The number of nitrogens with one attached hydrogen (secondary N) is 1. The van der Waals surface area contributed by atoms with Crippen molar-refractivity contribution in [1.29, 1.82) is 0 Å². The second kappa shape index (κ2) is 5.14. The number of ether oxygens (including phenoxy) is 2. The van der Waals surface area contributed by atoms with E-state index in [4.69, 9.17) is 0 Å². The van der Waals surface area contributed by atoms with Crippen LogP contribution < -0.4 is 14.8 Å². The highest BCUT2D eigenvalue weighted by atomic mass is 79.9. The fraction of sp³-hybridized carbons (Fsp3) is 0.143. The molecule has 0 fully saturated rings. The minimum absolute atomic E-state index is 0.0162. The van der Waals surface area contributed by atoms with Crippen LogP contribution in [0.25, 0.3) is 0 Å². The van der Waals surface area contributed by atoms with Crippen LogP contribution in [-0.2, 0) is 6.54 Å². The van der Waals surface area contributed by atoms with Crippen LogP contribution in [0.4, 0.5) is 18.9 Å². The highest BCUT2D eigenvalue weighted by molar-refractivity contribution is 9.10. The molecule has 0 spiro atoms. The van der Waals surface area contributed by atoms with Crippen molar-refractivity contribution in [2.24, 2.45) is 0 Å². The number of alkyl halides is 2. The first-order valence-electron chi connectivity index (χ1n) is 6.01. The van der Waals surface area contributed by atoms with E-state index in [1.807, 2.05) is 0 Å². The minimum Gasteiger partial charge on any atom is -0.395 e. The van der Waals surface area contributed by atoms with Gasteiger partial charge in [-0.25, -0.2) is 4.39 Å². The third kappa shape index (κ3) is 3.07. The van der Waals surface area contributed by atoms with Crippen molar-refractivity contribution in [3.8, 4) is 11.5 Å². The standard InChI is InChI=1S/C14H9BrF3NO2/c15-11-3-1-9(16)5-8(11)7-19-10-2-4-12-13(6-10)21-14(17,18)20-12/h1-6,19H,7H2. The summed E-state index contributed by atoms with van der Waals surface area (Å²) in [7, 11) is 0. The Bertz CT molecular complexity index is 694. The topological polar surface area (TPSA) is 30.5 Å². The largest absolute Gasteiger partial charge is 0.586 e. The maximum absolute atomic E-state index is 13.2. The molecule has 1 heterocycles. The lowest BCUT2D eigenvalue weighted by molar-refractivity contribution is -0.286. The van der Waals surface area contributed by atoms with Crippen molar-refractivity contribution in [2.45, 2.75) is 12.8 Å². The van der Waals surface area contributed by atoms with Crippen molar-refractivity contribution < 1.29 is 22.6 Å². The van der Waals surface area contributed by atoms with Crippen LogP contribution in [0.2, 0.25) is 0 Å². The van der Waals surface area contributed by atoms with Crippen LogP contribution in [0.3, 0.4) is 0 Å². The van der Waals surface area contributed by atoms with Gasteiger partial charge in [-0.1, -0.05) is 15.9 Å². The Labute approximate surface area is 126 Å². The quantitative estimate of drug-likeness (QED) is 0.873. The van der Waals surface area contributed by atoms with Gasteiger partial charge in [0.05, 0.1) is 0 Å². The van der Waals surface area contributed by atoms with Crippen molar-refractivity contribution in [2.75, 3.05) is 5.32 Å². The van der Waals surface area contributed by atoms with Gasteiger partial charge in [-0.05, 0) is 35.9 Å². The van der Waals surface area contributed by atoms with Gasteiger partial charge in [0.1, 0.15) is 5.82 Å². The van der Waals surface area contributed by atoms with E-state index in [9.17, 15) is 13.2 Å². The molecule has 0 unspecified atom stereocenters. The molecule has 0 aliphatic carbocycles. The normalized spacial score (nSPS) is 15.0. The molecule has 0 radical (unpaired) electrons. The first-order valence-corrected chi connectivity index (χ1v) is 6.80. The first kappa shape index (κ1) is 14.1. The summed E-state index contributed by atoms with van der Waals surface area (Å²) in [6.45, 7) is 0.328. The second-order valence-electron chi connectivity index (χ2n) is 4.42. The molecule has 3 rings (SSSR count). The summed E-state index contributed by atoms with van der Waals surface area (Å²) >= 11 is 3.32. The van der Waals surface area contributed by atoms with E-state index in [-0.39, 0.29) is 17.3 Å². The van der Waals surface area contributed by atoms with Crippen LogP contribution in [0.5, 0.6) is 11.5 Å². The summed E-state index contributed by atoms with van der Waals surface area (Å²) in [6.07, 6.45) is -3.63. The third-order valence-electron chi connectivity index (χ3n) is 2.89. The van der Waals surface area contributed by atoms with Crippen molar-refractivity contribution in [3.05, 3.63) is 52.3 Å². The van der Waals surface area contributed by atoms with E-state index in [0.29, 0.717) is 17.8 Å². The summed E-state index contributed by atoms with van der Waals surface area (Å²) < 4.78 is 48.4. The zero-order valence-corrected chi connectivity index (χ0v) is 12.1. The average molecular weight is 360 g/mol. The molecule has 2 aromatic rings. The molecule has 1 aliphatic rings. The highest BCUT2D eigenvalue weighted by Crippen LogP contribution is 2.42. The highest BCUT2D eigenvalue weighted by Gasteiger charge is 2.43. The molecule has 110 valence electrons. The molecule has 2 aromatic carbocycles. The smallest absolute Gasteiger partial charge is 0.395 e. The van der Waals surface area contributed by atoms with Crippen LogP contribution >= 0.6 is 15.9 Å². The summed E-state index contributed by atoms with van der Waals surface area (Å²) in [6, 6.07) is 8.71. The number of hydrogen-bond acceptors (Lipinski definition) is 3. The molecule has 0 bridgehead atoms. The summed E-state index contributed by atoms with van der Waals surface area (Å²) in [4.78, 5) is 0. The molecule has 7 heteroatoms. The predicted octanol–water partition coefficient (Wildman–Crippen LogP) is 4.52. The number of rotatable bonds is 3. The molecule has 0 saturated carbocycles. The van der Waals surface area contributed by atoms with Gasteiger partial charge in [0.25, 0.3) is 0 Å². The van der Waals surface area contributed by atoms with Crippen molar-refractivity contribution in [3.63, 3.8) is 0 Å².